The van der Waals surface area contributed by atoms with Gasteiger partial charge in [0, 0.05) is 6.04 Å². The molecular formula is C19H25NOSi. The Morgan fingerprint density at radius 3 is 2.41 bits per heavy atom. The topological polar surface area (TPSA) is 12.5 Å². The van der Waals surface area contributed by atoms with E-state index in [2.05, 4.69) is 54.1 Å². The van der Waals surface area contributed by atoms with E-state index in [-0.39, 0.29) is 0 Å². The van der Waals surface area contributed by atoms with Crippen LogP contribution in [-0.4, -0.2) is 25.6 Å². The number of rotatable bonds is 1. The monoisotopic (exact) mass is 311 g/mol. The van der Waals surface area contributed by atoms with Gasteiger partial charge in [-0.25, -0.2) is 0 Å². The van der Waals surface area contributed by atoms with Crippen LogP contribution < -0.4 is 9.92 Å². The van der Waals surface area contributed by atoms with Crippen molar-refractivity contribution in [2.45, 2.75) is 51.2 Å². The number of ether oxygens (including phenoxy) is 1. The van der Waals surface area contributed by atoms with Crippen molar-refractivity contribution in [1.82, 2.24) is 4.57 Å². The van der Waals surface area contributed by atoms with Gasteiger partial charge >= 0.3 is 0 Å². The van der Waals surface area contributed by atoms with Crippen LogP contribution in [0.1, 0.15) is 32.1 Å². The lowest BCUT2D eigenvalue weighted by Crippen LogP contribution is -2.65. The molecule has 2 aliphatic rings. The lowest BCUT2D eigenvalue weighted by molar-refractivity contribution is 0.128. The summed E-state index contributed by atoms with van der Waals surface area (Å²) in [5, 5.41) is 4.11. The minimum atomic E-state index is -1.64. The van der Waals surface area contributed by atoms with E-state index >= 15 is 0 Å². The molecule has 1 heterocycles. The standard InChI is InChI=1S/C19H25NOSi/c1-22(2)19-13-16-9-7-6-8-15(16)12-18(19)21-14-20(22)17-10-4-3-5-11-17/h6-9,12-13,17H,3-5,10-11,14H2,1-2H3. The molecule has 1 fully saturated rings. The van der Waals surface area contributed by atoms with Crippen molar-refractivity contribution in [3.63, 3.8) is 0 Å². The van der Waals surface area contributed by atoms with E-state index in [0.29, 0.717) is 0 Å². The largest absolute Gasteiger partial charge is 0.479 e. The van der Waals surface area contributed by atoms with Gasteiger partial charge in [-0.1, -0.05) is 62.7 Å². The van der Waals surface area contributed by atoms with E-state index in [1.54, 1.807) is 0 Å². The van der Waals surface area contributed by atoms with E-state index in [0.717, 1.165) is 18.5 Å². The smallest absolute Gasteiger partial charge is 0.162 e. The van der Waals surface area contributed by atoms with E-state index in [1.165, 1.54) is 48.1 Å². The van der Waals surface area contributed by atoms with Crippen molar-refractivity contribution in [3.8, 4) is 5.75 Å². The number of hydrogen-bond donors (Lipinski definition) is 0. The molecule has 0 saturated heterocycles. The van der Waals surface area contributed by atoms with Gasteiger partial charge in [-0.2, -0.15) is 0 Å². The van der Waals surface area contributed by atoms with Gasteiger partial charge in [0.05, 0.1) is 0 Å². The zero-order chi connectivity index (χ0) is 15.2. The number of hydrogen-bond acceptors (Lipinski definition) is 2. The molecule has 1 aliphatic carbocycles. The van der Waals surface area contributed by atoms with Crippen molar-refractivity contribution in [3.05, 3.63) is 36.4 Å². The molecule has 1 saturated carbocycles. The van der Waals surface area contributed by atoms with Crippen LogP contribution in [0.3, 0.4) is 0 Å². The Bertz CT molecular complexity index is 691. The molecule has 0 bridgehead atoms. The fourth-order valence-corrected chi connectivity index (χ4v) is 7.35. The normalized spacial score (nSPS) is 22.3. The van der Waals surface area contributed by atoms with Gasteiger partial charge in [0.25, 0.3) is 0 Å². The summed E-state index contributed by atoms with van der Waals surface area (Å²) in [7, 11) is -1.64. The molecule has 4 rings (SSSR count). The molecule has 0 amide bonds. The summed E-state index contributed by atoms with van der Waals surface area (Å²) in [6, 6.07) is 14.0. The van der Waals surface area contributed by atoms with Gasteiger partial charge in [0.15, 0.2) is 8.24 Å². The van der Waals surface area contributed by atoms with Crippen molar-refractivity contribution >= 4 is 24.2 Å². The molecule has 0 spiro atoms. The molecule has 22 heavy (non-hydrogen) atoms. The van der Waals surface area contributed by atoms with Crippen molar-refractivity contribution in [2.75, 3.05) is 6.73 Å². The summed E-state index contributed by atoms with van der Waals surface area (Å²) in [4.78, 5) is 0. The summed E-state index contributed by atoms with van der Waals surface area (Å²) < 4.78 is 8.92. The first-order valence-corrected chi connectivity index (χ1v) is 11.5. The van der Waals surface area contributed by atoms with Gasteiger partial charge in [-0.3, -0.25) is 4.57 Å². The van der Waals surface area contributed by atoms with E-state index in [1.807, 2.05) is 0 Å². The number of nitrogens with zero attached hydrogens (tertiary/aromatic N) is 1. The summed E-state index contributed by atoms with van der Waals surface area (Å²) in [5.41, 5.74) is 0. The van der Waals surface area contributed by atoms with Gasteiger partial charge in [-0.05, 0) is 34.9 Å². The molecule has 2 aromatic carbocycles. The third-order valence-corrected chi connectivity index (χ3v) is 9.24. The van der Waals surface area contributed by atoms with Crippen molar-refractivity contribution in [2.24, 2.45) is 0 Å². The maximum absolute atomic E-state index is 6.19. The van der Waals surface area contributed by atoms with Crippen LogP contribution in [0.5, 0.6) is 5.75 Å². The van der Waals surface area contributed by atoms with Gasteiger partial charge in [-0.15, -0.1) is 0 Å². The molecule has 0 aromatic heterocycles. The van der Waals surface area contributed by atoms with Gasteiger partial charge in [0.2, 0.25) is 0 Å². The average Bonchev–Trinajstić information content (AvgIpc) is 2.54. The van der Waals surface area contributed by atoms with Crippen molar-refractivity contribution in [1.29, 1.82) is 0 Å². The molecule has 2 aromatic rings. The first-order chi connectivity index (χ1) is 10.7. The Kier molecular flexibility index (Phi) is 3.50. The van der Waals surface area contributed by atoms with E-state index < -0.39 is 8.24 Å². The zero-order valence-electron chi connectivity index (χ0n) is 13.6. The predicted molar refractivity (Wildman–Crippen MR) is 95.3 cm³/mol. The SMILES string of the molecule is C[Si]1(C)c2cc3ccccc3cc2OCN1C1CCCCC1. The summed E-state index contributed by atoms with van der Waals surface area (Å²) in [6.07, 6.45) is 6.88. The first kappa shape index (κ1) is 14.3. The molecule has 0 radical (unpaired) electrons. The Morgan fingerprint density at radius 2 is 1.68 bits per heavy atom. The Labute approximate surface area is 134 Å². The molecule has 0 unspecified atom stereocenters. The molecule has 0 atom stereocenters. The second kappa shape index (κ2) is 5.39. The first-order valence-electron chi connectivity index (χ1n) is 8.59. The van der Waals surface area contributed by atoms with Crippen LogP contribution >= 0.6 is 0 Å². The van der Waals surface area contributed by atoms with Crippen LogP contribution in [0.15, 0.2) is 36.4 Å². The fraction of sp³-hybridized carbons (Fsp3) is 0.474. The fourth-order valence-electron chi connectivity index (χ4n) is 4.23. The maximum Gasteiger partial charge on any atom is 0.162 e. The van der Waals surface area contributed by atoms with Crippen LogP contribution in [0.25, 0.3) is 10.8 Å². The highest BCUT2D eigenvalue weighted by Gasteiger charge is 2.42. The average molecular weight is 312 g/mol. The maximum atomic E-state index is 6.19. The summed E-state index contributed by atoms with van der Waals surface area (Å²) >= 11 is 0. The minimum Gasteiger partial charge on any atom is -0.479 e. The second-order valence-corrected chi connectivity index (χ2v) is 11.5. The van der Waals surface area contributed by atoms with Gasteiger partial charge in [0.1, 0.15) is 12.5 Å². The quantitative estimate of drug-likeness (QED) is 0.731. The Morgan fingerprint density at radius 1 is 1.00 bits per heavy atom. The number of fused-ring (bicyclic) bond motifs is 2. The highest BCUT2D eigenvalue weighted by molar-refractivity contribution is 6.88. The molecular weight excluding hydrogens is 286 g/mol. The minimum absolute atomic E-state index is 0.732. The van der Waals surface area contributed by atoms with E-state index in [9.17, 15) is 0 Å². The lowest BCUT2D eigenvalue weighted by Gasteiger charge is -2.47. The van der Waals surface area contributed by atoms with Crippen LogP contribution in [-0.2, 0) is 0 Å². The Hall–Kier alpha value is -1.32. The lowest BCUT2D eigenvalue weighted by atomic mass is 9.96. The summed E-state index contributed by atoms with van der Waals surface area (Å²) in [6.45, 7) is 5.78. The van der Waals surface area contributed by atoms with Gasteiger partial charge < -0.3 is 4.74 Å². The van der Waals surface area contributed by atoms with Crippen LogP contribution in [0.2, 0.25) is 13.1 Å². The molecule has 0 N–H and O–H groups in total. The predicted octanol–water partition coefficient (Wildman–Crippen LogP) is 4.24. The van der Waals surface area contributed by atoms with E-state index in [4.69, 9.17) is 4.74 Å². The highest BCUT2D eigenvalue weighted by atomic mass is 28.3. The second-order valence-electron chi connectivity index (χ2n) is 7.29. The third-order valence-electron chi connectivity index (χ3n) is 5.60. The van der Waals surface area contributed by atoms with Crippen molar-refractivity contribution < 1.29 is 4.74 Å². The zero-order valence-corrected chi connectivity index (χ0v) is 14.6. The Balaban J connectivity index is 1.76. The van der Waals surface area contributed by atoms with Crippen LogP contribution in [0.4, 0.5) is 0 Å². The van der Waals surface area contributed by atoms with Crippen LogP contribution in [0, 0.1) is 0 Å². The summed E-state index contributed by atoms with van der Waals surface area (Å²) in [5.74, 6) is 1.13. The molecule has 116 valence electrons. The third kappa shape index (κ3) is 2.27. The molecule has 1 aliphatic heterocycles. The number of benzene rings is 2. The molecule has 2 nitrogen and oxygen atoms in total. The molecule has 3 heteroatoms. The highest BCUT2D eigenvalue weighted by Crippen LogP contribution is 2.32.